The lowest BCUT2D eigenvalue weighted by Crippen LogP contribution is -2.18. The standard InChI is InChI=1S/C12H15N3OS/c1-16-6-5-14-8-12-15-11(9-17-12)10-3-2-4-13-7-10/h2-4,7,9,14H,5-6,8H2,1H3. The fraction of sp³-hybridized carbons (Fsp3) is 0.333. The zero-order chi connectivity index (χ0) is 11.9. The van der Waals surface area contributed by atoms with Crippen molar-refractivity contribution in [3.8, 4) is 11.3 Å². The summed E-state index contributed by atoms with van der Waals surface area (Å²) in [5.74, 6) is 0. The molecule has 2 aromatic rings. The first-order valence-corrected chi connectivity index (χ1v) is 6.32. The van der Waals surface area contributed by atoms with E-state index in [0.717, 1.165) is 36.0 Å². The van der Waals surface area contributed by atoms with Crippen molar-refractivity contribution in [2.75, 3.05) is 20.3 Å². The van der Waals surface area contributed by atoms with Crippen LogP contribution < -0.4 is 5.32 Å². The maximum atomic E-state index is 4.97. The van der Waals surface area contributed by atoms with Gasteiger partial charge in [-0.15, -0.1) is 11.3 Å². The molecule has 1 N–H and O–H groups in total. The van der Waals surface area contributed by atoms with Crippen LogP contribution in [0.2, 0.25) is 0 Å². The van der Waals surface area contributed by atoms with E-state index in [1.54, 1.807) is 24.6 Å². The Morgan fingerprint density at radius 1 is 1.47 bits per heavy atom. The summed E-state index contributed by atoms with van der Waals surface area (Å²) in [5.41, 5.74) is 2.05. The van der Waals surface area contributed by atoms with E-state index >= 15 is 0 Å². The molecule has 5 heteroatoms. The first kappa shape index (κ1) is 12.2. The fourth-order valence-electron chi connectivity index (χ4n) is 1.41. The Morgan fingerprint density at radius 3 is 3.18 bits per heavy atom. The van der Waals surface area contributed by atoms with Gasteiger partial charge in [-0.25, -0.2) is 4.98 Å². The number of thiazole rings is 1. The van der Waals surface area contributed by atoms with Crippen molar-refractivity contribution in [1.82, 2.24) is 15.3 Å². The lowest BCUT2D eigenvalue weighted by Gasteiger charge is -2.00. The van der Waals surface area contributed by atoms with Gasteiger partial charge in [-0.3, -0.25) is 4.98 Å². The number of hydrogen-bond acceptors (Lipinski definition) is 5. The van der Waals surface area contributed by atoms with Crippen LogP contribution in [0.5, 0.6) is 0 Å². The molecule has 0 amide bonds. The van der Waals surface area contributed by atoms with Gasteiger partial charge >= 0.3 is 0 Å². The summed E-state index contributed by atoms with van der Waals surface area (Å²) in [6.07, 6.45) is 3.60. The Balaban J connectivity index is 1.92. The van der Waals surface area contributed by atoms with Crippen LogP contribution in [0, 0.1) is 0 Å². The van der Waals surface area contributed by atoms with Crippen LogP contribution in [0.3, 0.4) is 0 Å². The summed E-state index contributed by atoms with van der Waals surface area (Å²) in [6, 6.07) is 3.94. The Labute approximate surface area is 105 Å². The molecule has 90 valence electrons. The van der Waals surface area contributed by atoms with Gasteiger partial charge < -0.3 is 10.1 Å². The van der Waals surface area contributed by atoms with Crippen molar-refractivity contribution in [2.45, 2.75) is 6.54 Å². The van der Waals surface area contributed by atoms with Gasteiger partial charge in [-0.1, -0.05) is 0 Å². The molecule has 0 aromatic carbocycles. The van der Waals surface area contributed by atoms with Crippen LogP contribution in [0.25, 0.3) is 11.3 Å². The highest BCUT2D eigenvalue weighted by Crippen LogP contribution is 2.20. The average molecular weight is 249 g/mol. The maximum Gasteiger partial charge on any atom is 0.107 e. The van der Waals surface area contributed by atoms with Gasteiger partial charge in [0.15, 0.2) is 0 Å². The molecule has 0 saturated heterocycles. The van der Waals surface area contributed by atoms with E-state index in [-0.39, 0.29) is 0 Å². The van der Waals surface area contributed by atoms with Crippen LogP contribution in [0.4, 0.5) is 0 Å². The number of aromatic nitrogens is 2. The van der Waals surface area contributed by atoms with Crippen molar-refractivity contribution in [1.29, 1.82) is 0 Å². The number of ether oxygens (including phenoxy) is 1. The second-order valence-electron chi connectivity index (χ2n) is 3.54. The molecule has 0 fully saturated rings. The molecule has 0 saturated carbocycles. The summed E-state index contributed by atoms with van der Waals surface area (Å²) in [4.78, 5) is 8.64. The predicted molar refractivity (Wildman–Crippen MR) is 68.9 cm³/mol. The number of hydrogen-bond donors (Lipinski definition) is 1. The van der Waals surface area contributed by atoms with E-state index in [1.807, 2.05) is 18.3 Å². The summed E-state index contributed by atoms with van der Waals surface area (Å²) in [7, 11) is 1.70. The molecular weight excluding hydrogens is 234 g/mol. The maximum absolute atomic E-state index is 4.97. The zero-order valence-corrected chi connectivity index (χ0v) is 10.5. The molecule has 0 aliphatic carbocycles. The Bertz CT molecular complexity index is 444. The van der Waals surface area contributed by atoms with Gasteiger partial charge in [0.2, 0.25) is 0 Å². The predicted octanol–water partition coefficient (Wildman–Crippen LogP) is 1.94. The summed E-state index contributed by atoms with van der Waals surface area (Å²) in [6.45, 7) is 2.35. The number of rotatable bonds is 6. The Morgan fingerprint density at radius 2 is 2.41 bits per heavy atom. The van der Waals surface area contributed by atoms with E-state index in [0.29, 0.717) is 0 Å². The van der Waals surface area contributed by atoms with E-state index in [4.69, 9.17) is 4.74 Å². The summed E-state index contributed by atoms with van der Waals surface area (Å²) in [5, 5.41) is 6.42. The highest BCUT2D eigenvalue weighted by Gasteiger charge is 2.03. The van der Waals surface area contributed by atoms with Crippen LogP contribution in [-0.4, -0.2) is 30.2 Å². The van der Waals surface area contributed by atoms with Gasteiger partial charge in [0.25, 0.3) is 0 Å². The van der Waals surface area contributed by atoms with Crippen molar-refractivity contribution >= 4 is 11.3 Å². The molecule has 0 atom stereocenters. The molecule has 2 rings (SSSR count). The minimum atomic E-state index is 0.723. The molecule has 0 radical (unpaired) electrons. The normalized spacial score (nSPS) is 10.6. The minimum absolute atomic E-state index is 0.723. The summed E-state index contributed by atoms with van der Waals surface area (Å²) >= 11 is 1.66. The smallest absolute Gasteiger partial charge is 0.107 e. The van der Waals surface area contributed by atoms with Crippen molar-refractivity contribution in [3.05, 3.63) is 34.9 Å². The van der Waals surface area contributed by atoms with E-state index < -0.39 is 0 Å². The lowest BCUT2D eigenvalue weighted by molar-refractivity contribution is 0.199. The molecule has 17 heavy (non-hydrogen) atoms. The van der Waals surface area contributed by atoms with Crippen molar-refractivity contribution in [2.24, 2.45) is 0 Å². The molecule has 0 unspecified atom stereocenters. The molecule has 2 aromatic heterocycles. The van der Waals surface area contributed by atoms with Crippen LogP contribution in [-0.2, 0) is 11.3 Å². The monoisotopic (exact) mass is 249 g/mol. The lowest BCUT2D eigenvalue weighted by atomic mass is 10.2. The largest absolute Gasteiger partial charge is 0.383 e. The first-order valence-electron chi connectivity index (χ1n) is 5.44. The Hall–Kier alpha value is -1.30. The van der Waals surface area contributed by atoms with Crippen molar-refractivity contribution < 1.29 is 4.74 Å². The van der Waals surface area contributed by atoms with E-state index in [2.05, 4.69) is 20.7 Å². The third-order valence-electron chi connectivity index (χ3n) is 2.27. The van der Waals surface area contributed by atoms with Crippen LogP contribution in [0.15, 0.2) is 29.9 Å². The topological polar surface area (TPSA) is 47.0 Å². The third-order valence-corrected chi connectivity index (χ3v) is 3.12. The number of nitrogens with one attached hydrogen (secondary N) is 1. The van der Waals surface area contributed by atoms with Crippen LogP contribution in [0.1, 0.15) is 5.01 Å². The minimum Gasteiger partial charge on any atom is -0.383 e. The van der Waals surface area contributed by atoms with Crippen molar-refractivity contribution in [3.63, 3.8) is 0 Å². The van der Waals surface area contributed by atoms with Gasteiger partial charge in [0, 0.05) is 43.5 Å². The molecule has 4 nitrogen and oxygen atoms in total. The second kappa shape index (κ2) is 6.44. The number of nitrogens with zero attached hydrogens (tertiary/aromatic N) is 2. The average Bonchev–Trinajstić information content (AvgIpc) is 2.85. The van der Waals surface area contributed by atoms with Gasteiger partial charge in [-0.05, 0) is 12.1 Å². The molecule has 0 aliphatic rings. The second-order valence-corrected chi connectivity index (χ2v) is 4.48. The fourth-order valence-corrected chi connectivity index (χ4v) is 2.18. The quantitative estimate of drug-likeness (QED) is 0.795. The molecular formula is C12H15N3OS. The summed E-state index contributed by atoms with van der Waals surface area (Å²) < 4.78 is 4.97. The number of methoxy groups -OCH3 is 1. The van der Waals surface area contributed by atoms with E-state index in [1.165, 1.54) is 0 Å². The SMILES string of the molecule is COCCNCc1nc(-c2cccnc2)cs1. The van der Waals surface area contributed by atoms with Gasteiger partial charge in [-0.2, -0.15) is 0 Å². The molecule has 0 spiro atoms. The zero-order valence-electron chi connectivity index (χ0n) is 9.72. The van der Waals surface area contributed by atoms with E-state index in [9.17, 15) is 0 Å². The highest BCUT2D eigenvalue weighted by atomic mass is 32.1. The molecule has 2 heterocycles. The third kappa shape index (κ3) is 3.59. The Kier molecular flexibility index (Phi) is 4.61. The van der Waals surface area contributed by atoms with Gasteiger partial charge in [0.05, 0.1) is 12.3 Å². The highest BCUT2D eigenvalue weighted by molar-refractivity contribution is 7.09. The van der Waals surface area contributed by atoms with Crippen LogP contribution >= 0.6 is 11.3 Å². The first-order chi connectivity index (χ1) is 8.40. The number of pyridine rings is 1. The molecule has 0 bridgehead atoms. The molecule has 0 aliphatic heterocycles. The van der Waals surface area contributed by atoms with Gasteiger partial charge in [0.1, 0.15) is 5.01 Å².